The van der Waals surface area contributed by atoms with Crippen molar-refractivity contribution in [3.8, 4) is 0 Å². The van der Waals surface area contributed by atoms with Gasteiger partial charge in [-0.05, 0) is 37.5 Å². The van der Waals surface area contributed by atoms with E-state index in [2.05, 4.69) is 34.6 Å². The van der Waals surface area contributed by atoms with Gasteiger partial charge in [0.05, 0.1) is 16.4 Å². The van der Waals surface area contributed by atoms with E-state index >= 15 is 0 Å². The highest BCUT2D eigenvalue weighted by Gasteiger charge is 2.24. The minimum Gasteiger partial charge on any atom is -0.139 e. The largest absolute Gasteiger partial charge is 0.139 e. The lowest BCUT2D eigenvalue weighted by Gasteiger charge is -2.26. The Morgan fingerprint density at radius 3 is 2.20 bits per heavy atom. The predicted octanol–water partition coefficient (Wildman–Crippen LogP) is 3.79. The molecule has 0 N–H and O–H groups in total. The van der Waals surface area contributed by atoms with E-state index in [0.717, 1.165) is 5.92 Å². The summed E-state index contributed by atoms with van der Waals surface area (Å²) in [6, 6.07) is 0. The Morgan fingerprint density at radius 2 is 1.73 bits per heavy atom. The molecular weight excluding hydrogens is 200 g/mol. The fraction of sp³-hybridized carbons (Fsp3) is 0.929. The van der Waals surface area contributed by atoms with Crippen LogP contribution in [-0.2, 0) is 10.5 Å². The minimum atomic E-state index is 0.321. The maximum atomic E-state index is 2.45. The SMILES string of the molecule is CC(CC(C)(C)CC(C)C)=[SH+]1CCCC1. The Balaban J connectivity index is 2.55. The first-order chi connectivity index (χ1) is 6.91. The van der Waals surface area contributed by atoms with Gasteiger partial charge < -0.3 is 0 Å². The highest BCUT2D eigenvalue weighted by Crippen LogP contribution is 2.30. The normalized spacial score (nSPS) is 18.8. The summed E-state index contributed by atoms with van der Waals surface area (Å²) < 4.78 is 0. The van der Waals surface area contributed by atoms with Crippen LogP contribution in [0.1, 0.15) is 60.3 Å². The molecule has 1 aliphatic rings. The van der Waals surface area contributed by atoms with Gasteiger partial charge in [-0.1, -0.05) is 27.7 Å². The highest BCUT2D eigenvalue weighted by molar-refractivity contribution is 7.96. The molecule has 1 rings (SSSR count). The van der Waals surface area contributed by atoms with Crippen LogP contribution in [0.3, 0.4) is 0 Å². The summed E-state index contributed by atoms with van der Waals surface area (Å²) in [5.74, 6) is 3.89. The van der Waals surface area contributed by atoms with Crippen LogP contribution in [0.5, 0.6) is 0 Å². The van der Waals surface area contributed by atoms with Crippen molar-refractivity contribution >= 4 is 15.3 Å². The van der Waals surface area contributed by atoms with E-state index < -0.39 is 0 Å². The Labute approximate surface area is 98.8 Å². The van der Waals surface area contributed by atoms with Crippen LogP contribution >= 0.6 is 0 Å². The highest BCUT2D eigenvalue weighted by atomic mass is 32.2. The molecule has 0 atom stereocenters. The van der Waals surface area contributed by atoms with Crippen molar-refractivity contribution < 1.29 is 0 Å². The first-order valence-corrected chi connectivity index (χ1v) is 8.19. The first-order valence-electron chi connectivity index (χ1n) is 6.48. The van der Waals surface area contributed by atoms with E-state index in [1.165, 1.54) is 37.2 Å². The Bertz CT molecular complexity index is 228. The lowest BCUT2D eigenvalue weighted by Crippen LogP contribution is -2.20. The number of thiol groups is 1. The zero-order valence-corrected chi connectivity index (χ0v) is 12.2. The third-order valence-corrected chi connectivity index (χ3v) is 6.29. The lowest BCUT2D eigenvalue weighted by atomic mass is 9.80. The van der Waals surface area contributed by atoms with Crippen LogP contribution < -0.4 is 0 Å². The van der Waals surface area contributed by atoms with Gasteiger partial charge in [0.25, 0.3) is 0 Å². The van der Waals surface area contributed by atoms with E-state index in [1.807, 2.05) is 4.86 Å². The molecule has 0 spiro atoms. The van der Waals surface area contributed by atoms with Crippen molar-refractivity contribution in [3.63, 3.8) is 0 Å². The molecule has 1 fully saturated rings. The summed E-state index contributed by atoms with van der Waals surface area (Å²) >= 11 is 0. The molecule has 0 aromatic heterocycles. The second kappa shape index (κ2) is 5.52. The predicted molar refractivity (Wildman–Crippen MR) is 76.3 cm³/mol. The molecule has 90 valence electrons. The molecule has 0 aromatic rings. The van der Waals surface area contributed by atoms with Crippen LogP contribution in [-0.4, -0.2) is 16.4 Å². The second-order valence-electron chi connectivity index (χ2n) is 6.37. The molecule has 0 bridgehead atoms. The van der Waals surface area contributed by atoms with Crippen molar-refractivity contribution in [3.05, 3.63) is 0 Å². The van der Waals surface area contributed by atoms with Crippen molar-refractivity contribution in [1.29, 1.82) is 0 Å². The third kappa shape index (κ3) is 4.72. The van der Waals surface area contributed by atoms with Gasteiger partial charge in [-0.25, -0.2) is 0 Å². The summed E-state index contributed by atoms with van der Waals surface area (Å²) in [6.07, 6.45) is 5.73. The average molecular weight is 229 g/mol. The lowest BCUT2D eigenvalue weighted by molar-refractivity contribution is 0.300. The summed E-state index contributed by atoms with van der Waals surface area (Å²) in [5.41, 5.74) is 0.531. The van der Waals surface area contributed by atoms with Gasteiger partial charge in [-0.2, -0.15) is 0 Å². The van der Waals surface area contributed by atoms with Crippen molar-refractivity contribution in [1.82, 2.24) is 0 Å². The zero-order valence-electron chi connectivity index (χ0n) is 11.3. The van der Waals surface area contributed by atoms with Gasteiger partial charge in [0.15, 0.2) is 0 Å². The Morgan fingerprint density at radius 1 is 1.20 bits per heavy atom. The summed E-state index contributed by atoms with van der Waals surface area (Å²) in [4.78, 5) is 1.84. The van der Waals surface area contributed by atoms with Crippen LogP contribution in [0, 0.1) is 11.3 Å². The molecule has 0 saturated carbocycles. The quantitative estimate of drug-likeness (QED) is 0.391. The van der Waals surface area contributed by atoms with Gasteiger partial charge >= 0.3 is 0 Å². The van der Waals surface area contributed by atoms with Crippen molar-refractivity contribution in [2.24, 2.45) is 11.3 Å². The van der Waals surface area contributed by atoms with Gasteiger partial charge in [0.1, 0.15) is 0 Å². The van der Waals surface area contributed by atoms with Crippen molar-refractivity contribution in [2.75, 3.05) is 11.5 Å². The standard InChI is InChI=1S/C14H28S/c1-12(2)10-14(4,5)11-13(3)15-8-6-7-9-15/h12H,6-11H2,1-5H3/p+1. The fourth-order valence-electron chi connectivity index (χ4n) is 3.08. The van der Waals surface area contributed by atoms with Crippen LogP contribution in [0.2, 0.25) is 0 Å². The minimum absolute atomic E-state index is 0.321. The van der Waals surface area contributed by atoms with Crippen LogP contribution in [0.15, 0.2) is 0 Å². The summed E-state index contributed by atoms with van der Waals surface area (Å²) in [6.45, 7) is 12.0. The molecule has 1 heteroatoms. The van der Waals surface area contributed by atoms with Gasteiger partial charge in [-0.3, -0.25) is 0 Å². The molecule has 1 heterocycles. The second-order valence-corrected chi connectivity index (χ2v) is 9.11. The zero-order chi connectivity index (χ0) is 11.5. The van der Waals surface area contributed by atoms with E-state index in [-0.39, 0.29) is 0 Å². The number of rotatable bonds is 4. The molecule has 0 aromatic carbocycles. The molecule has 0 unspecified atom stereocenters. The van der Waals surface area contributed by atoms with E-state index in [4.69, 9.17) is 0 Å². The molecule has 15 heavy (non-hydrogen) atoms. The van der Waals surface area contributed by atoms with Crippen molar-refractivity contribution in [2.45, 2.75) is 60.3 Å². The average Bonchev–Trinajstić information content (AvgIpc) is 2.50. The fourth-order valence-corrected chi connectivity index (χ4v) is 5.93. The first kappa shape index (κ1) is 13.3. The molecule has 0 amide bonds. The molecule has 1 aliphatic heterocycles. The molecule has 0 aliphatic carbocycles. The smallest absolute Gasteiger partial charge is 0.0730 e. The molecular formula is C14H29S+. The van der Waals surface area contributed by atoms with Gasteiger partial charge in [0.2, 0.25) is 0 Å². The van der Waals surface area contributed by atoms with Crippen LogP contribution in [0.25, 0.3) is 0 Å². The maximum absolute atomic E-state index is 2.45. The van der Waals surface area contributed by atoms with E-state index in [9.17, 15) is 0 Å². The Kier molecular flexibility index (Phi) is 4.89. The third-order valence-electron chi connectivity index (χ3n) is 3.34. The monoisotopic (exact) mass is 229 g/mol. The summed E-state index contributed by atoms with van der Waals surface area (Å²) in [5, 5.41) is 0. The number of hydrogen-bond acceptors (Lipinski definition) is 0. The summed E-state index contributed by atoms with van der Waals surface area (Å²) in [7, 11) is 0.321. The van der Waals surface area contributed by atoms with E-state index in [0.29, 0.717) is 15.9 Å². The van der Waals surface area contributed by atoms with Gasteiger partial charge in [0, 0.05) is 6.42 Å². The molecule has 0 radical (unpaired) electrons. The Hall–Kier alpha value is 0.220. The topological polar surface area (TPSA) is 0 Å². The molecule has 0 nitrogen and oxygen atoms in total. The van der Waals surface area contributed by atoms with Crippen LogP contribution in [0.4, 0.5) is 0 Å². The van der Waals surface area contributed by atoms with E-state index in [1.54, 1.807) is 0 Å². The molecule has 1 saturated heterocycles. The maximum Gasteiger partial charge on any atom is 0.0730 e. The number of hydrogen-bond donors (Lipinski definition) is 0. The van der Waals surface area contributed by atoms with Gasteiger partial charge in [-0.15, -0.1) is 10.5 Å².